The second-order valence-corrected chi connectivity index (χ2v) is 3.39. The van der Waals surface area contributed by atoms with E-state index in [4.69, 9.17) is 11.5 Å². The fraction of sp³-hybridized carbons (Fsp3) is 0.727. The van der Waals surface area contributed by atoms with Crippen LogP contribution in [0.15, 0.2) is 0 Å². The number of aliphatic hydroxyl groups excluding tert-OH is 1. The lowest BCUT2D eigenvalue weighted by atomic mass is 10.2. The van der Waals surface area contributed by atoms with Gasteiger partial charge in [0.15, 0.2) is 0 Å². The van der Waals surface area contributed by atoms with Crippen LogP contribution in [0.5, 0.6) is 0 Å². The van der Waals surface area contributed by atoms with Gasteiger partial charge in [-0.05, 0) is 26.2 Å². The van der Waals surface area contributed by atoms with Gasteiger partial charge in [-0.1, -0.05) is 0 Å². The quantitative estimate of drug-likeness (QED) is 0.474. The number of unbranched alkanes of at least 4 members (excludes halogenated alkanes) is 2. The Kier molecular flexibility index (Phi) is 7.96. The molecular weight excluding hydrogens is 178 g/mol. The van der Waals surface area contributed by atoms with Crippen molar-refractivity contribution in [1.82, 2.24) is 5.32 Å². The van der Waals surface area contributed by atoms with Gasteiger partial charge in [-0.2, -0.15) is 0 Å². The standard InChI is InChI=1S/C11H19NO2/c1-3-4-5-6-7-11(14)12-10(2)8-9-13/h1,10,13H,4-9H2,2H3,(H,12,14). The van der Waals surface area contributed by atoms with Crippen LogP contribution in [-0.2, 0) is 4.79 Å². The summed E-state index contributed by atoms with van der Waals surface area (Å²) in [7, 11) is 0. The highest BCUT2D eigenvalue weighted by molar-refractivity contribution is 5.76. The van der Waals surface area contributed by atoms with Gasteiger partial charge in [0.2, 0.25) is 5.91 Å². The molecular formula is C11H19NO2. The zero-order chi connectivity index (χ0) is 10.8. The number of aliphatic hydroxyl groups is 1. The summed E-state index contributed by atoms with van der Waals surface area (Å²) in [5.41, 5.74) is 0. The van der Waals surface area contributed by atoms with Crippen LogP contribution in [0.25, 0.3) is 0 Å². The first kappa shape index (κ1) is 13.0. The molecule has 0 saturated carbocycles. The average Bonchev–Trinajstić information content (AvgIpc) is 2.13. The van der Waals surface area contributed by atoms with Crippen molar-refractivity contribution < 1.29 is 9.90 Å². The summed E-state index contributed by atoms with van der Waals surface area (Å²) in [5.74, 6) is 2.58. The minimum atomic E-state index is 0.0444. The van der Waals surface area contributed by atoms with Gasteiger partial charge in [-0.15, -0.1) is 12.3 Å². The van der Waals surface area contributed by atoms with Crippen molar-refractivity contribution in [3.63, 3.8) is 0 Å². The van der Waals surface area contributed by atoms with Crippen LogP contribution in [0.2, 0.25) is 0 Å². The van der Waals surface area contributed by atoms with Crippen molar-refractivity contribution in [3.8, 4) is 12.3 Å². The van der Waals surface area contributed by atoms with Crippen molar-refractivity contribution >= 4 is 5.91 Å². The van der Waals surface area contributed by atoms with E-state index in [0.29, 0.717) is 12.8 Å². The Morgan fingerprint density at radius 1 is 1.57 bits per heavy atom. The first-order chi connectivity index (χ1) is 6.70. The van der Waals surface area contributed by atoms with E-state index in [9.17, 15) is 4.79 Å². The molecule has 0 spiro atoms. The molecule has 3 nitrogen and oxygen atoms in total. The fourth-order valence-electron chi connectivity index (χ4n) is 1.13. The lowest BCUT2D eigenvalue weighted by Crippen LogP contribution is -2.32. The Morgan fingerprint density at radius 3 is 2.86 bits per heavy atom. The van der Waals surface area contributed by atoms with Gasteiger partial charge in [0, 0.05) is 25.5 Å². The van der Waals surface area contributed by atoms with Crippen molar-refractivity contribution in [2.24, 2.45) is 0 Å². The van der Waals surface area contributed by atoms with E-state index in [0.717, 1.165) is 19.3 Å². The SMILES string of the molecule is C#CCCCCC(=O)NC(C)CCO. The van der Waals surface area contributed by atoms with Crippen LogP contribution in [0.4, 0.5) is 0 Å². The molecule has 0 aromatic carbocycles. The molecule has 0 aliphatic rings. The monoisotopic (exact) mass is 197 g/mol. The number of rotatable bonds is 7. The maximum absolute atomic E-state index is 11.2. The van der Waals surface area contributed by atoms with E-state index < -0.39 is 0 Å². The highest BCUT2D eigenvalue weighted by atomic mass is 16.3. The van der Waals surface area contributed by atoms with Gasteiger partial charge >= 0.3 is 0 Å². The van der Waals surface area contributed by atoms with Crippen LogP contribution >= 0.6 is 0 Å². The summed E-state index contributed by atoms with van der Waals surface area (Å²) >= 11 is 0. The molecule has 0 saturated heterocycles. The van der Waals surface area contributed by atoms with Crippen LogP contribution in [0, 0.1) is 12.3 Å². The minimum absolute atomic E-state index is 0.0444. The van der Waals surface area contributed by atoms with Crippen molar-refractivity contribution in [1.29, 1.82) is 0 Å². The van der Waals surface area contributed by atoms with Gasteiger partial charge in [0.25, 0.3) is 0 Å². The Hall–Kier alpha value is -1.01. The third-order valence-corrected chi connectivity index (χ3v) is 1.94. The Bertz CT molecular complexity index is 196. The zero-order valence-electron chi connectivity index (χ0n) is 8.75. The number of carbonyl (C=O) groups excluding carboxylic acids is 1. The molecule has 1 amide bonds. The molecule has 3 heteroatoms. The summed E-state index contributed by atoms with van der Waals surface area (Å²) in [6.07, 6.45) is 8.69. The van der Waals surface area contributed by atoms with Gasteiger partial charge in [0.05, 0.1) is 0 Å². The molecule has 14 heavy (non-hydrogen) atoms. The second-order valence-electron chi connectivity index (χ2n) is 3.39. The van der Waals surface area contributed by atoms with Gasteiger partial charge in [-0.25, -0.2) is 0 Å². The van der Waals surface area contributed by atoms with E-state index in [2.05, 4.69) is 11.2 Å². The van der Waals surface area contributed by atoms with Crippen molar-refractivity contribution in [2.45, 2.75) is 45.1 Å². The highest BCUT2D eigenvalue weighted by Crippen LogP contribution is 1.99. The van der Waals surface area contributed by atoms with E-state index in [-0.39, 0.29) is 18.6 Å². The molecule has 0 fully saturated rings. The Morgan fingerprint density at radius 2 is 2.29 bits per heavy atom. The number of nitrogens with one attached hydrogen (secondary N) is 1. The molecule has 0 aromatic rings. The largest absolute Gasteiger partial charge is 0.396 e. The van der Waals surface area contributed by atoms with Crippen LogP contribution in [-0.4, -0.2) is 23.7 Å². The predicted octanol–water partition coefficient (Wildman–Crippen LogP) is 1.07. The second kappa shape index (κ2) is 8.58. The molecule has 0 aliphatic heterocycles. The highest BCUT2D eigenvalue weighted by Gasteiger charge is 2.05. The van der Waals surface area contributed by atoms with Gasteiger partial charge in [0.1, 0.15) is 0 Å². The normalized spacial score (nSPS) is 11.8. The molecule has 0 heterocycles. The van der Waals surface area contributed by atoms with Gasteiger partial charge in [-0.3, -0.25) is 4.79 Å². The van der Waals surface area contributed by atoms with Crippen LogP contribution < -0.4 is 5.32 Å². The number of amides is 1. The number of terminal acetylenes is 1. The Labute approximate surface area is 85.9 Å². The van der Waals surface area contributed by atoms with E-state index in [1.807, 2.05) is 6.92 Å². The first-order valence-corrected chi connectivity index (χ1v) is 5.04. The molecule has 80 valence electrons. The molecule has 0 radical (unpaired) electrons. The van der Waals surface area contributed by atoms with Gasteiger partial charge < -0.3 is 10.4 Å². The summed E-state index contributed by atoms with van der Waals surface area (Å²) in [6, 6.07) is 0.0557. The van der Waals surface area contributed by atoms with Crippen molar-refractivity contribution in [3.05, 3.63) is 0 Å². The topological polar surface area (TPSA) is 49.3 Å². The smallest absolute Gasteiger partial charge is 0.220 e. The maximum atomic E-state index is 11.2. The first-order valence-electron chi connectivity index (χ1n) is 5.04. The molecule has 2 N–H and O–H groups in total. The fourth-order valence-corrected chi connectivity index (χ4v) is 1.13. The number of hydrogen-bond donors (Lipinski definition) is 2. The summed E-state index contributed by atoms with van der Waals surface area (Å²) in [5, 5.41) is 11.4. The molecule has 0 aliphatic carbocycles. The summed E-state index contributed by atoms with van der Waals surface area (Å²) in [4.78, 5) is 11.2. The molecule has 0 rings (SSSR count). The predicted molar refractivity (Wildman–Crippen MR) is 56.6 cm³/mol. The third kappa shape index (κ3) is 7.63. The van der Waals surface area contributed by atoms with E-state index in [1.54, 1.807) is 0 Å². The number of carbonyl (C=O) groups is 1. The lowest BCUT2D eigenvalue weighted by Gasteiger charge is -2.11. The van der Waals surface area contributed by atoms with E-state index in [1.165, 1.54) is 0 Å². The Balaban J connectivity index is 3.41. The molecule has 1 unspecified atom stereocenters. The number of hydrogen-bond acceptors (Lipinski definition) is 2. The van der Waals surface area contributed by atoms with E-state index >= 15 is 0 Å². The average molecular weight is 197 g/mol. The summed E-state index contributed by atoms with van der Waals surface area (Å²) < 4.78 is 0. The van der Waals surface area contributed by atoms with Crippen molar-refractivity contribution in [2.75, 3.05) is 6.61 Å². The molecule has 1 atom stereocenters. The van der Waals surface area contributed by atoms with Crippen LogP contribution in [0.1, 0.15) is 39.0 Å². The molecule has 0 bridgehead atoms. The summed E-state index contributed by atoms with van der Waals surface area (Å²) in [6.45, 7) is 1.99. The zero-order valence-corrected chi connectivity index (χ0v) is 8.75. The maximum Gasteiger partial charge on any atom is 0.220 e. The third-order valence-electron chi connectivity index (χ3n) is 1.94. The lowest BCUT2D eigenvalue weighted by molar-refractivity contribution is -0.121. The molecule has 0 aromatic heterocycles. The minimum Gasteiger partial charge on any atom is -0.396 e. The van der Waals surface area contributed by atoms with Crippen LogP contribution in [0.3, 0.4) is 0 Å².